The van der Waals surface area contributed by atoms with Crippen LogP contribution in [0.3, 0.4) is 0 Å². The summed E-state index contributed by atoms with van der Waals surface area (Å²) in [4.78, 5) is 12.5. The molecule has 0 radical (unpaired) electrons. The maximum atomic E-state index is 12.5. The number of hydrogen-bond acceptors (Lipinski definition) is 3. The molecular formula is C18H24O3. The number of rotatable bonds is 5. The second-order valence-electron chi connectivity index (χ2n) is 6.18. The molecule has 1 aromatic rings. The Kier molecular flexibility index (Phi) is 4.91. The lowest BCUT2D eigenvalue weighted by Crippen LogP contribution is -2.26. The first-order chi connectivity index (χ1) is 10.3. The zero-order valence-electron chi connectivity index (χ0n) is 12.5. The third kappa shape index (κ3) is 3.85. The summed E-state index contributed by atoms with van der Waals surface area (Å²) >= 11 is 0. The molecule has 3 nitrogen and oxygen atoms in total. The summed E-state index contributed by atoms with van der Waals surface area (Å²) in [7, 11) is 0. The van der Waals surface area contributed by atoms with Gasteiger partial charge in [0.1, 0.15) is 6.10 Å². The van der Waals surface area contributed by atoms with Crippen LogP contribution in [0.4, 0.5) is 0 Å². The smallest absolute Gasteiger partial charge is 0.340 e. The fourth-order valence-corrected chi connectivity index (χ4v) is 3.35. The normalized spacial score (nSPS) is 21.5. The predicted octanol–water partition coefficient (Wildman–Crippen LogP) is 4.17. The monoisotopic (exact) mass is 288 g/mol. The average Bonchev–Trinajstić information content (AvgIpc) is 3.19. The van der Waals surface area contributed by atoms with Crippen molar-refractivity contribution in [1.29, 1.82) is 0 Å². The highest BCUT2D eigenvalue weighted by atomic mass is 16.6. The molecule has 0 aromatic heterocycles. The van der Waals surface area contributed by atoms with E-state index in [1.165, 1.54) is 12.8 Å². The van der Waals surface area contributed by atoms with Gasteiger partial charge in [0, 0.05) is 0 Å². The van der Waals surface area contributed by atoms with E-state index in [4.69, 9.17) is 9.47 Å². The van der Waals surface area contributed by atoms with Gasteiger partial charge in [0.2, 0.25) is 0 Å². The molecular weight excluding hydrogens is 264 g/mol. The first-order valence-corrected chi connectivity index (χ1v) is 8.24. The quantitative estimate of drug-likeness (QED) is 0.763. The van der Waals surface area contributed by atoms with Crippen molar-refractivity contribution in [2.45, 2.75) is 69.7 Å². The van der Waals surface area contributed by atoms with Crippen LogP contribution in [0.2, 0.25) is 0 Å². The van der Waals surface area contributed by atoms with Gasteiger partial charge in [-0.3, -0.25) is 0 Å². The Morgan fingerprint density at radius 3 is 2.10 bits per heavy atom. The number of benzene rings is 1. The van der Waals surface area contributed by atoms with Crippen LogP contribution in [0, 0.1) is 0 Å². The van der Waals surface area contributed by atoms with E-state index in [0.29, 0.717) is 0 Å². The number of carbonyl (C=O) groups excluding carboxylic acids is 1. The Bertz CT molecular complexity index is 445. The Morgan fingerprint density at radius 1 is 0.905 bits per heavy atom. The lowest BCUT2D eigenvalue weighted by atomic mass is 10.1. The van der Waals surface area contributed by atoms with Crippen LogP contribution < -0.4 is 0 Å². The van der Waals surface area contributed by atoms with Crippen LogP contribution in [0.5, 0.6) is 0 Å². The van der Waals surface area contributed by atoms with Crippen LogP contribution in [-0.4, -0.2) is 18.2 Å². The topological polar surface area (TPSA) is 35.5 Å². The van der Waals surface area contributed by atoms with E-state index < -0.39 is 6.10 Å². The van der Waals surface area contributed by atoms with Crippen molar-refractivity contribution in [3.05, 3.63) is 35.9 Å². The van der Waals surface area contributed by atoms with Crippen molar-refractivity contribution >= 4 is 5.97 Å². The highest BCUT2D eigenvalue weighted by molar-refractivity contribution is 5.76. The van der Waals surface area contributed by atoms with Gasteiger partial charge < -0.3 is 9.47 Å². The van der Waals surface area contributed by atoms with E-state index in [9.17, 15) is 4.79 Å². The van der Waals surface area contributed by atoms with Crippen LogP contribution >= 0.6 is 0 Å². The molecule has 2 aliphatic carbocycles. The molecule has 2 saturated carbocycles. The van der Waals surface area contributed by atoms with Gasteiger partial charge in [0.05, 0.1) is 6.10 Å². The van der Waals surface area contributed by atoms with Crippen molar-refractivity contribution in [1.82, 2.24) is 0 Å². The van der Waals surface area contributed by atoms with E-state index in [1.54, 1.807) is 0 Å². The van der Waals surface area contributed by atoms with Crippen molar-refractivity contribution in [3.8, 4) is 0 Å². The van der Waals surface area contributed by atoms with E-state index in [-0.39, 0.29) is 18.2 Å². The van der Waals surface area contributed by atoms with E-state index in [1.807, 2.05) is 30.3 Å². The lowest BCUT2D eigenvalue weighted by molar-refractivity contribution is -0.166. The minimum absolute atomic E-state index is 0.0934. The van der Waals surface area contributed by atoms with Gasteiger partial charge in [-0.1, -0.05) is 43.2 Å². The fraction of sp³-hybridized carbons (Fsp3) is 0.611. The summed E-state index contributed by atoms with van der Waals surface area (Å²) in [6.07, 6.45) is 8.56. The second-order valence-corrected chi connectivity index (χ2v) is 6.18. The third-order valence-corrected chi connectivity index (χ3v) is 4.53. The number of hydrogen-bond donors (Lipinski definition) is 0. The number of ether oxygens (including phenoxy) is 2. The first-order valence-electron chi connectivity index (χ1n) is 8.24. The summed E-state index contributed by atoms with van der Waals surface area (Å²) in [5, 5.41) is 0. The average molecular weight is 288 g/mol. The maximum absolute atomic E-state index is 12.5. The largest absolute Gasteiger partial charge is 0.460 e. The summed E-state index contributed by atoms with van der Waals surface area (Å²) in [6, 6.07) is 9.76. The van der Waals surface area contributed by atoms with Gasteiger partial charge in [-0.05, 0) is 44.1 Å². The third-order valence-electron chi connectivity index (χ3n) is 4.53. The molecule has 0 N–H and O–H groups in total. The molecule has 0 bridgehead atoms. The van der Waals surface area contributed by atoms with Crippen molar-refractivity contribution in [2.24, 2.45) is 0 Å². The van der Waals surface area contributed by atoms with Gasteiger partial charge in [0.15, 0.2) is 6.10 Å². The molecule has 2 fully saturated rings. The summed E-state index contributed by atoms with van der Waals surface area (Å²) in [6.45, 7) is 0. The van der Waals surface area contributed by atoms with E-state index in [0.717, 1.165) is 44.1 Å². The molecule has 1 aromatic carbocycles. The van der Waals surface area contributed by atoms with Crippen LogP contribution in [-0.2, 0) is 14.3 Å². The van der Waals surface area contributed by atoms with Crippen molar-refractivity contribution in [2.75, 3.05) is 0 Å². The van der Waals surface area contributed by atoms with Crippen LogP contribution in [0.25, 0.3) is 0 Å². The summed E-state index contributed by atoms with van der Waals surface area (Å²) in [5.41, 5.74) is 0.910. The second kappa shape index (κ2) is 7.08. The molecule has 3 heteroatoms. The predicted molar refractivity (Wildman–Crippen MR) is 80.9 cm³/mol. The zero-order chi connectivity index (χ0) is 14.5. The minimum atomic E-state index is -0.560. The number of carbonyl (C=O) groups is 1. The van der Waals surface area contributed by atoms with E-state index in [2.05, 4.69) is 0 Å². The molecule has 21 heavy (non-hydrogen) atoms. The Hall–Kier alpha value is -1.35. The van der Waals surface area contributed by atoms with E-state index >= 15 is 0 Å². The molecule has 3 rings (SSSR count). The van der Waals surface area contributed by atoms with Crippen LogP contribution in [0.15, 0.2) is 30.3 Å². The highest BCUT2D eigenvalue weighted by Crippen LogP contribution is 2.30. The molecule has 114 valence electrons. The van der Waals surface area contributed by atoms with Crippen molar-refractivity contribution in [3.63, 3.8) is 0 Å². The van der Waals surface area contributed by atoms with Crippen LogP contribution in [0.1, 0.15) is 63.0 Å². The summed E-state index contributed by atoms with van der Waals surface area (Å²) < 4.78 is 11.8. The molecule has 1 atom stereocenters. The Labute approximate surface area is 126 Å². The van der Waals surface area contributed by atoms with Gasteiger partial charge in [0.25, 0.3) is 0 Å². The Balaban J connectivity index is 1.69. The SMILES string of the molecule is O=C(OC1CCCC1)[C@@H](OC1CCCC1)c1ccccc1. The van der Waals surface area contributed by atoms with Gasteiger partial charge in [-0.15, -0.1) is 0 Å². The molecule has 0 heterocycles. The van der Waals surface area contributed by atoms with Gasteiger partial charge in [-0.25, -0.2) is 4.79 Å². The molecule has 0 spiro atoms. The molecule has 0 unspecified atom stereocenters. The minimum Gasteiger partial charge on any atom is -0.460 e. The summed E-state index contributed by atoms with van der Waals surface area (Å²) in [5.74, 6) is -0.208. The Morgan fingerprint density at radius 2 is 1.48 bits per heavy atom. The fourth-order valence-electron chi connectivity index (χ4n) is 3.35. The molecule has 2 aliphatic rings. The molecule has 0 aliphatic heterocycles. The maximum Gasteiger partial charge on any atom is 0.340 e. The van der Waals surface area contributed by atoms with Gasteiger partial charge >= 0.3 is 5.97 Å². The molecule has 0 amide bonds. The number of esters is 1. The standard InChI is InChI=1S/C18H24O3/c19-18(21-16-12-6-7-13-16)17(14-8-2-1-3-9-14)20-15-10-4-5-11-15/h1-3,8-9,15-17H,4-7,10-13H2/t17-/m0/s1. The zero-order valence-corrected chi connectivity index (χ0v) is 12.5. The molecule has 0 saturated heterocycles. The van der Waals surface area contributed by atoms with Gasteiger partial charge in [-0.2, -0.15) is 0 Å². The first kappa shape index (κ1) is 14.6. The highest BCUT2D eigenvalue weighted by Gasteiger charge is 2.30. The van der Waals surface area contributed by atoms with Crippen molar-refractivity contribution < 1.29 is 14.3 Å². The lowest BCUT2D eigenvalue weighted by Gasteiger charge is -2.23.